The molecule has 0 amide bonds. The molecule has 0 atom stereocenters. The lowest BCUT2D eigenvalue weighted by atomic mass is 10.00. The highest BCUT2D eigenvalue weighted by atomic mass is 16.5. The van der Waals surface area contributed by atoms with Gasteiger partial charge in [0.2, 0.25) is 5.78 Å². The van der Waals surface area contributed by atoms with Crippen LogP contribution in [0.2, 0.25) is 0 Å². The highest BCUT2D eigenvalue weighted by Crippen LogP contribution is 2.43. The van der Waals surface area contributed by atoms with Crippen molar-refractivity contribution in [3.8, 4) is 17.2 Å². The number of ketones is 1. The van der Waals surface area contributed by atoms with Crippen molar-refractivity contribution in [2.24, 2.45) is 0 Å². The quantitative estimate of drug-likeness (QED) is 0.591. The number of ether oxygens (including phenoxy) is 3. The summed E-state index contributed by atoms with van der Waals surface area (Å²) in [5.41, 5.74) is 4.24. The molecule has 0 bridgehead atoms. The van der Waals surface area contributed by atoms with Crippen LogP contribution in [0.25, 0.3) is 6.08 Å². The van der Waals surface area contributed by atoms with Gasteiger partial charge in [-0.25, -0.2) is 0 Å². The van der Waals surface area contributed by atoms with Crippen molar-refractivity contribution in [2.75, 3.05) is 13.8 Å². The first kappa shape index (κ1) is 19.3. The van der Waals surface area contributed by atoms with E-state index < -0.39 is 0 Å². The van der Waals surface area contributed by atoms with Crippen molar-refractivity contribution in [2.45, 2.75) is 20.0 Å². The second-order valence-corrected chi connectivity index (χ2v) is 7.66. The fourth-order valence-corrected chi connectivity index (χ4v) is 4.00. The van der Waals surface area contributed by atoms with Crippen LogP contribution in [0.15, 0.2) is 60.5 Å². The molecule has 0 radical (unpaired) electrons. The number of rotatable bonds is 4. The van der Waals surface area contributed by atoms with E-state index in [4.69, 9.17) is 14.2 Å². The number of benzene rings is 2. The van der Waals surface area contributed by atoms with Crippen LogP contribution < -0.4 is 14.2 Å². The van der Waals surface area contributed by atoms with E-state index in [2.05, 4.69) is 9.88 Å². The van der Waals surface area contributed by atoms with Crippen molar-refractivity contribution in [1.82, 2.24) is 9.88 Å². The van der Waals surface area contributed by atoms with Gasteiger partial charge in [-0.2, -0.15) is 0 Å². The Balaban J connectivity index is 1.43. The van der Waals surface area contributed by atoms with Gasteiger partial charge in [0.15, 0.2) is 5.76 Å². The number of carbonyl (C=O) groups is 1. The third kappa shape index (κ3) is 3.66. The van der Waals surface area contributed by atoms with Crippen molar-refractivity contribution < 1.29 is 19.0 Å². The molecule has 3 heterocycles. The van der Waals surface area contributed by atoms with Crippen LogP contribution >= 0.6 is 0 Å². The number of aromatic nitrogens is 1. The first-order chi connectivity index (χ1) is 15.1. The summed E-state index contributed by atoms with van der Waals surface area (Å²) in [5.74, 6) is 2.29. The number of nitrogens with zero attached hydrogens (tertiary/aromatic N) is 2. The molecule has 2 aliphatic heterocycles. The van der Waals surface area contributed by atoms with Crippen LogP contribution in [0.1, 0.15) is 32.7 Å². The molecule has 3 aromatic rings. The number of Topliss-reactive ketones (excluding diaryl/α,β-unsaturated/α-hetero) is 1. The maximum atomic E-state index is 13.1. The van der Waals surface area contributed by atoms with E-state index >= 15 is 0 Å². The van der Waals surface area contributed by atoms with Crippen molar-refractivity contribution in [1.29, 1.82) is 0 Å². The maximum absolute atomic E-state index is 13.1. The minimum Gasteiger partial charge on any atom is -0.497 e. The lowest BCUT2D eigenvalue weighted by Gasteiger charge is -2.30. The number of hydrogen-bond donors (Lipinski definition) is 0. The Labute approximate surface area is 180 Å². The van der Waals surface area contributed by atoms with Gasteiger partial charge in [-0.1, -0.05) is 18.2 Å². The van der Waals surface area contributed by atoms with Crippen LogP contribution in [-0.4, -0.2) is 29.5 Å². The van der Waals surface area contributed by atoms with E-state index in [1.165, 1.54) is 0 Å². The highest BCUT2D eigenvalue weighted by Gasteiger charge is 2.33. The molecule has 0 saturated carbocycles. The topological polar surface area (TPSA) is 60.9 Å². The number of pyridine rings is 1. The summed E-state index contributed by atoms with van der Waals surface area (Å²) in [6.07, 6.45) is 3.54. The number of hydrogen-bond acceptors (Lipinski definition) is 6. The minimum absolute atomic E-state index is 0.120. The van der Waals surface area contributed by atoms with Gasteiger partial charge in [0.05, 0.1) is 18.4 Å². The zero-order valence-corrected chi connectivity index (χ0v) is 17.4. The third-order valence-electron chi connectivity index (χ3n) is 5.51. The molecule has 0 fully saturated rings. The molecule has 31 heavy (non-hydrogen) atoms. The maximum Gasteiger partial charge on any atom is 0.231 e. The summed E-state index contributed by atoms with van der Waals surface area (Å²) >= 11 is 0. The second-order valence-electron chi connectivity index (χ2n) is 7.66. The molecular formula is C25H22N2O4. The monoisotopic (exact) mass is 414 g/mol. The molecular weight excluding hydrogens is 392 g/mol. The smallest absolute Gasteiger partial charge is 0.231 e. The Morgan fingerprint density at radius 1 is 1.16 bits per heavy atom. The molecule has 6 nitrogen and oxygen atoms in total. The van der Waals surface area contributed by atoms with Gasteiger partial charge < -0.3 is 14.2 Å². The largest absolute Gasteiger partial charge is 0.497 e. The predicted octanol–water partition coefficient (Wildman–Crippen LogP) is 4.37. The Morgan fingerprint density at radius 3 is 2.87 bits per heavy atom. The summed E-state index contributed by atoms with van der Waals surface area (Å²) in [4.78, 5) is 19.6. The Morgan fingerprint density at radius 2 is 2.06 bits per heavy atom. The summed E-state index contributed by atoms with van der Waals surface area (Å²) < 4.78 is 17.3. The molecule has 0 N–H and O–H groups in total. The Bertz CT molecular complexity index is 1190. The van der Waals surface area contributed by atoms with Gasteiger partial charge in [0.25, 0.3) is 0 Å². The van der Waals surface area contributed by atoms with Gasteiger partial charge >= 0.3 is 0 Å². The molecule has 6 heteroatoms. The summed E-state index contributed by atoms with van der Waals surface area (Å²) in [6, 6.07) is 15.3. The average molecular weight is 414 g/mol. The average Bonchev–Trinajstić information content (AvgIpc) is 3.10. The number of fused-ring (bicyclic) bond motifs is 2. The fraction of sp³-hybridized carbons (Fsp3) is 0.200. The van der Waals surface area contributed by atoms with Crippen LogP contribution in [0.4, 0.5) is 0 Å². The molecule has 156 valence electrons. The molecule has 0 aliphatic carbocycles. The third-order valence-corrected chi connectivity index (χ3v) is 5.51. The SMILES string of the molecule is COc1cccc(C=C2Oc3c(cc4c(c3C)OCN(Cc3ccccn3)C4)C2=O)c1. The molecule has 0 spiro atoms. The van der Waals surface area contributed by atoms with E-state index in [0.717, 1.165) is 33.9 Å². The molecule has 0 unspecified atom stereocenters. The van der Waals surface area contributed by atoms with Crippen LogP contribution in [0.5, 0.6) is 17.2 Å². The van der Waals surface area contributed by atoms with E-state index in [0.29, 0.717) is 36.9 Å². The minimum atomic E-state index is -0.120. The van der Waals surface area contributed by atoms with Gasteiger partial charge in [0.1, 0.15) is 24.0 Å². The first-order valence-electron chi connectivity index (χ1n) is 10.1. The first-order valence-corrected chi connectivity index (χ1v) is 10.1. The number of carbonyl (C=O) groups excluding carboxylic acids is 1. The fourth-order valence-electron chi connectivity index (χ4n) is 4.00. The van der Waals surface area contributed by atoms with E-state index in [1.54, 1.807) is 19.4 Å². The Kier molecular flexibility index (Phi) is 4.92. The Hall–Kier alpha value is -3.64. The molecule has 0 saturated heterocycles. The zero-order valence-electron chi connectivity index (χ0n) is 17.4. The van der Waals surface area contributed by atoms with Gasteiger partial charge in [0, 0.05) is 30.4 Å². The second kappa shape index (κ2) is 7.89. The zero-order chi connectivity index (χ0) is 21.4. The summed E-state index contributed by atoms with van der Waals surface area (Å²) in [6.45, 7) is 3.77. The molecule has 2 aromatic carbocycles. The van der Waals surface area contributed by atoms with Crippen molar-refractivity contribution >= 4 is 11.9 Å². The summed E-state index contributed by atoms with van der Waals surface area (Å²) in [7, 11) is 1.62. The van der Waals surface area contributed by atoms with Crippen LogP contribution in [-0.2, 0) is 13.1 Å². The highest BCUT2D eigenvalue weighted by molar-refractivity contribution is 6.15. The lowest BCUT2D eigenvalue weighted by molar-refractivity contribution is 0.0865. The van der Waals surface area contributed by atoms with Gasteiger partial charge in [-0.15, -0.1) is 0 Å². The molecule has 2 aliphatic rings. The number of methoxy groups -OCH3 is 1. The van der Waals surface area contributed by atoms with Gasteiger partial charge in [-0.3, -0.25) is 14.7 Å². The van der Waals surface area contributed by atoms with Crippen LogP contribution in [0.3, 0.4) is 0 Å². The number of allylic oxidation sites excluding steroid dienone is 1. The van der Waals surface area contributed by atoms with Gasteiger partial charge in [-0.05, 0) is 48.9 Å². The standard InChI is InChI=1S/C25H22N2O4/c1-16-24-18(13-27(15-30-24)14-19-7-3-4-9-26-19)12-21-23(28)22(31-25(16)21)11-17-6-5-8-20(10-17)29-2/h3-12H,13-15H2,1-2H3. The molecule has 5 rings (SSSR count). The summed E-state index contributed by atoms with van der Waals surface area (Å²) in [5, 5.41) is 0. The predicted molar refractivity (Wildman–Crippen MR) is 116 cm³/mol. The van der Waals surface area contributed by atoms with Crippen LogP contribution in [0, 0.1) is 6.92 Å². The van der Waals surface area contributed by atoms with Crippen molar-refractivity contribution in [3.05, 3.63) is 88.4 Å². The van der Waals surface area contributed by atoms with Crippen molar-refractivity contribution in [3.63, 3.8) is 0 Å². The van der Waals surface area contributed by atoms with E-state index in [1.807, 2.05) is 55.5 Å². The van der Waals surface area contributed by atoms with E-state index in [-0.39, 0.29) is 5.78 Å². The van der Waals surface area contributed by atoms with E-state index in [9.17, 15) is 4.79 Å². The lowest BCUT2D eigenvalue weighted by Crippen LogP contribution is -2.32. The normalized spacial score (nSPS) is 16.5. The molecule has 1 aromatic heterocycles.